The molecular weight excluding hydrogens is 232 g/mol. The van der Waals surface area contributed by atoms with Crippen LogP contribution in [0.2, 0.25) is 0 Å². The Morgan fingerprint density at radius 3 is 2.67 bits per heavy atom. The molecule has 6 heteroatoms. The van der Waals surface area contributed by atoms with Crippen LogP contribution in [-0.2, 0) is 13.5 Å². The molecule has 1 aromatic heterocycles. The van der Waals surface area contributed by atoms with E-state index in [-0.39, 0.29) is 12.5 Å². The molecule has 1 aliphatic carbocycles. The molecule has 4 N–H and O–H groups in total. The summed E-state index contributed by atoms with van der Waals surface area (Å²) < 4.78 is 1.51. The van der Waals surface area contributed by atoms with Crippen molar-refractivity contribution in [2.24, 2.45) is 7.05 Å². The van der Waals surface area contributed by atoms with Crippen molar-refractivity contribution in [1.29, 1.82) is 0 Å². The van der Waals surface area contributed by atoms with Crippen LogP contribution in [0, 0.1) is 0 Å². The first-order chi connectivity index (χ1) is 8.53. The van der Waals surface area contributed by atoms with Gasteiger partial charge in [0.05, 0.1) is 23.5 Å². The Morgan fingerprint density at radius 2 is 2.28 bits per heavy atom. The minimum atomic E-state index is -0.458. The van der Waals surface area contributed by atoms with Crippen molar-refractivity contribution < 1.29 is 9.90 Å². The fourth-order valence-electron chi connectivity index (χ4n) is 2.35. The first-order valence-electron chi connectivity index (χ1n) is 6.27. The van der Waals surface area contributed by atoms with Crippen LogP contribution >= 0.6 is 0 Å². The number of aliphatic hydroxyl groups is 1. The number of anilines is 1. The number of hydrogen-bond acceptors (Lipinski definition) is 4. The average Bonchev–Trinajstić information content (AvgIpc) is 2.58. The lowest BCUT2D eigenvalue weighted by molar-refractivity contribution is 0.0635. The smallest absolute Gasteiger partial charge is 0.272 e. The Kier molecular flexibility index (Phi) is 3.30. The van der Waals surface area contributed by atoms with Gasteiger partial charge in [0.2, 0.25) is 0 Å². The second-order valence-corrected chi connectivity index (χ2v) is 4.93. The number of aryl methyl sites for hydroxylation is 2. The summed E-state index contributed by atoms with van der Waals surface area (Å²) in [7, 11) is 1.71. The third-order valence-corrected chi connectivity index (χ3v) is 3.70. The van der Waals surface area contributed by atoms with Gasteiger partial charge >= 0.3 is 0 Å². The number of aliphatic hydroxyl groups excluding tert-OH is 1. The van der Waals surface area contributed by atoms with E-state index in [2.05, 4.69) is 10.4 Å². The zero-order valence-electron chi connectivity index (χ0n) is 10.9. The summed E-state index contributed by atoms with van der Waals surface area (Å²) >= 11 is 0. The van der Waals surface area contributed by atoms with Gasteiger partial charge in [-0.25, -0.2) is 0 Å². The van der Waals surface area contributed by atoms with Gasteiger partial charge in [0.1, 0.15) is 5.69 Å². The molecule has 0 unspecified atom stereocenters. The summed E-state index contributed by atoms with van der Waals surface area (Å²) in [4.78, 5) is 12.2. The normalized spacial score (nSPS) is 17.3. The molecule has 1 aliphatic rings. The van der Waals surface area contributed by atoms with Gasteiger partial charge < -0.3 is 16.2 Å². The van der Waals surface area contributed by atoms with Crippen LogP contribution in [0.1, 0.15) is 42.4 Å². The fraction of sp³-hybridized carbons (Fsp3) is 0.667. The third-order valence-electron chi connectivity index (χ3n) is 3.70. The van der Waals surface area contributed by atoms with E-state index in [9.17, 15) is 9.90 Å². The van der Waals surface area contributed by atoms with Gasteiger partial charge in [-0.2, -0.15) is 5.10 Å². The maximum atomic E-state index is 12.2. The lowest BCUT2D eigenvalue weighted by atomic mass is 9.77. The Balaban J connectivity index is 2.21. The summed E-state index contributed by atoms with van der Waals surface area (Å²) in [5, 5.41) is 16.5. The van der Waals surface area contributed by atoms with E-state index >= 15 is 0 Å². The van der Waals surface area contributed by atoms with Crippen molar-refractivity contribution in [3.8, 4) is 0 Å². The maximum absolute atomic E-state index is 12.2. The highest BCUT2D eigenvalue weighted by Gasteiger charge is 2.38. The molecule has 0 radical (unpaired) electrons. The molecule has 1 heterocycles. The van der Waals surface area contributed by atoms with E-state index in [4.69, 9.17) is 5.73 Å². The highest BCUT2D eigenvalue weighted by molar-refractivity contribution is 5.98. The number of nitrogens with one attached hydrogen (secondary N) is 1. The molecule has 1 aromatic rings. The topological polar surface area (TPSA) is 93.2 Å². The number of amides is 1. The van der Waals surface area contributed by atoms with Crippen molar-refractivity contribution in [1.82, 2.24) is 15.1 Å². The highest BCUT2D eigenvalue weighted by atomic mass is 16.3. The first-order valence-corrected chi connectivity index (χ1v) is 6.27. The van der Waals surface area contributed by atoms with Gasteiger partial charge in [-0.3, -0.25) is 9.48 Å². The van der Waals surface area contributed by atoms with E-state index in [0.29, 0.717) is 17.8 Å². The van der Waals surface area contributed by atoms with Gasteiger partial charge in [0.15, 0.2) is 0 Å². The molecule has 0 aliphatic heterocycles. The van der Waals surface area contributed by atoms with Crippen LogP contribution in [0.4, 0.5) is 5.69 Å². The zero-order valence-corrected chi connectivity index (χ0v) is 10.9. The monoisotopic (exact) mass is 252 g/mol. The summed E-state index contributed by atoms with van der Waals surface area (Å²) in [5.41, 5.74) is 7.02. The molecule has 0 bridgehead atoms. The van der Waals surface area contributed by atoms with Gasteiger partial charge in [0.25, 0.3) is 5.91 Å². The highest BCUT2D eigenvalue weighted by Crippen LogP contribution is 2.32. The van der Waals surface area contributed by atoms with Crippen LogP contribution < -0.4 is 11.1 Å². The SMILES string of the molecule is CCc1nn(C)c(C(=O)NC2(CO)CCC2)c1N. The number of hydrogen-bond donors (Lipinski definition) is 3. The molecule has 18 heavy (non-hydrogen) atoms. The molecular formula is C12H20N4O2. The van der Waals surface area contributed by atoms with Crippen molar-refractivity contribution in [3.63, 3.8) is 0 Å². The lowest BCUT2D eigenvalue weighted by Crippen LogP contribution is -2.56. The van der Waals surface area contributed by atoms with Crippen LogP contribution in [0.3, 0.4) is 0 Å². The molecule has 1 fully saturated rings. The van der Waals surface area contributed by atoms with Crippen LogP contribution in [0.15, 0.2) is 0 Å². The molecule has 0 aromatic carbocycles. The number of nitrogens with two attached hydrogens (primary N) is 1. The summed E-state index contributed by atoms with van der Waals surface area (Å²) in [6.45, 7) is 1.92. The largest absolute Gasteiger partial charge is 0.395 e. The number of carbonyl (C=O) groups excluding carboxylic acids is 1. The first kappa shape index (κ1) is 12.9. The van der Waals surface area contributed by atoms with Gasteiger partial charge in [-0.15, -0.1) is 0 Å². The molecule has 0 spiro atoms. The minimum absolute atomic E-state index is 0.0306. The second-order valence-electron chi connectivity index (χ2n) is 4.93. The minimum Gasteiger partial charge on any atom is -0.395 e. The Labute approximate surface area is 106 Å². The summed E-state index contributed by atoms with van der Waals surface area (Å²) in [6, 6.07) is 0. The van der Waals surface area contributed by atoms with Gasteiger partial charge in [-0.1, -0.05) is 6.92 Å². The molecule has 0 saturated heterocycles. The molecule has 0 atom stereocenters. The molecule has 6 nitrogen and oxygen atoms in total. The Hall–Kier alpha value is -1.56. The van der Waals surface area contributed by atoms with Crippen molar-refractivity contribution in [2.75, 3.05) is 12.3 Å². The van der Waals surface area contributed by atoms with Gasteiger partial charge in [-0.05, 0) is 25.7 Å². The predicted molar refractivity (Wildman–Crippen MR) is 68.1 cm³/mol. The molecule has 100 valence electrons. The van der Waals surface area contributed by atoms with Crippen molar-refractivity contribution >= 4 is 11.6 Å². The van der Waals surface area contributed by atoms with E-state index in [1.165, 1.54) is 4.68 Å². The van der Waals surface area contributed by atoms with E-state index in [1.54, 1.807) is 7.05 Å². The van der Waals surface area contributed by atoms with Crippen molar-refractivity contribution in [3.05, 3.63) is 11.4 Å². The fourth-order valence-corrected chi connectivity index (χ4v) is 2.35. The van der Waals surface area contributed by atoms with Gasteiger partial charge in [0, 0.05) is 7.05 Å². The average molecular weight is 252 g/mol. The van der Waals surface area contributed by atoms with E-state index in [1.807, 2.05) is 6.92 Å². The summed E-state index contributed by atoms with van der Waals surface area (Å²) in [5.74, 6) is -0.254. The number of rotatable bonds is 4. The van der Waals surface area contributed by atoms with E-state index in [0.717, 1.165) is 25.0 Å². The number of aromatic nitrogens is 2. The molecule has 2 rings (SSSR count). The third kappa shape index (κ3) is 1.96. The number of nitrogen functional groups attached to an aromatic ring is 1. The maximum Gasteiger partial charge on any atom is 0.272 e. The summed E-state index contributed by atoms with van der Waals surface area (Å²) in [6.07, 6.45) is 3.35. The predicted octanol–water partition coefficient (Wildman–Crippen LogP) is 0.210. The van der Waals surface area contributed by atoms with Crippen LogP contribution in [-0.4, -0.2) is 32.9 Å². The number of carbonyl (C=O) groups is 1. The number of nitrogens with zero attached hydrogens (tertiary/aromatic N) is 2. The van der Waals surface area contributed by atoms with E-state index < -0.39 is 5.54 Å². The molecule has 1 amide bonds. The van der Waals surface area contributed by atoms with Crippen molar-refractivity contribution in [2.45, 2.75) is 38.1 Å². The second kappa shape index (κ2) is 4.61. The lowest BCUT2D eigenvalue weighted by Gasteiger charge is -2.40. The van der Waals surface area contributed by atoms with Crippen LogP contribution in [0.25, 0.3) is 0 Å². The Morgan fingerprint density at radius 1 is 1.61 bits per heavy atom. The standard InChI is InChI=1S/C12H20N4O2/c1-3-8-9(13)10(16(2)15-8)11(18)14-12(7-17)5-4-6-12/h17H,3-7,13H2,1-2H3,(H,14,18). The quantitative estimate of drug-likeness (QED) is 0.714. The zero-order chi connectivity index (χ0) is 13.3. The Bertz CT molecular complexity index is 457. The molecule has 1 saturated carbocycles. The van der Waals surface area contributed by atoms with Crippen LogP contribution in [0.5, 0.6) is 0 Å².